The van der Waals surface area contributed by atoms with Crippen LogP contribution in [-0.2, 0) is 25.7 Å². The Morgan fingerprint density at radius 3 is 2.26 bits per heavy atom. The minimum atomic E-state index is -1.26. The van der Waals surface area contributed by atoms with Crippen LogP contribution < -0.4 is 15.1 Å². The molecule has 2 heterocycles. The van der Waals surface area contributed by atoms with Crippen LogP contribution in [0.5, 0.6) is 0 Å². The first-order chi connectivity index (χ1) is 22.4. The van der Waals surface area contributed by atoms with Crippen molar-refractivity contribution in [3.63, 3.8) is 0 Å². The highest BCUT2D eigenvalue weighted by Gasteiger charge is 2.43. The van der Waals surface area contributed by atoms with E-state index in [9.17, 15) is 24.0 Å². The standard InChI is InChI=1S/C36H40N4O7/c1-24-13-8-9-16-26(24)31(41)22-40-29-18-11-10-17-28(29)39(21-27(32(40)42)37-34(44)47-36(2,3)4)33(43)30-19-12-20-38(30)35(45)46-23-25-14-6-5-7-15-25/h5-11,13-18,27,30H,12,19-23H2,1-4H3,(H,37,44). The lowest BCUT2D eigenvalue weighted by Gasteiger charge is -2.31. The summed E-state index contributed by atoms with van der Waals surface area (Å²) in [6.45, 7) is 6.74. The van der Waals surface area contributed by atoms with Crippen molar-refractivity contribution in [1.29, 1.82) is 0 Å². The number of benzene rings is 3. The van der Waals surface area contributed by atoms with Crippen molar-refractivity contribution in [2.75, 3.05) is 29.4 Å². The molecule has 0 aliphatic carbocycles. The van der Waals surface area contributed by atoms with Crippen molar-refractivity contribution in [2.45, 2.75) is 64.8 Å². The van der Waals surface area contributed by atoms with E-state index in [1.807, 2.05) is 49.4 Å². The highest BCUT2D eigenvalue weighted by Crippen LogP contribution is 2.35. The number of amides is 4. The lowest BCUT2D eigenvalue weighted by atomic mass is 10.0. The van der Waals surface area contributed by atoms with Crippen molar-refractivity contribution in [1.82, 2.24) is 10.2 Å². The average molecular weight is 641 g/mol. The molecule has 11 nitrogen and oxygen atoms in total. The largest absolute Gasteiger partial charge is 0.445 e. The molecule has 47 heavy (non-hydrogen) atoms. The predicted octanol–water partition coefficient (Wildman–Crippen LogP) is 5.25. The van der Waals surface area contributed by atoms with E-state index in [4.69, 9.17) is 9.47 Å². The van der Waals surface area contributed by atoms with E-state index in [1.54, 1.807) is 57.2 Å². The number of nitrogens with zero attached hydrogens (tertiary/aromatic N) is 3. The van der Waals surface area contributed by atoms with Crippen LogP contribution in [0.25, 0.3) is 0 Å². The number of Topliss-reactive ketones (excluding diaryl/α,β-unsaturated/α-hetero) is 1. The molecule has 0 aromatic heterocycles. The summed E-state index contributed by atoms with van der Waals surface area (Å²) in [6, 6.07) is 21.0. The second kappa shape index (κ2) is 14.1. The molecule has 3 aromatic rings. The van der Waals surface area contributed by atoms with E-state index in [-0.39, 0.29) is 25.5 Å². The Morgan fingerprint density at radius 2 is 1.55 bits per heavy atom. The van der Waals surface area contributed by atoms with E-state index < -0.39 is 41.7 Å². The summed E-state index contributed by atoms with van der Waals surface area (Å²) in [7, 11) is 0. The SMILES string of the molecule is Cc1ccccc1C(=O)CN1C(=O)C(NC(=O)OC(C)(C)C)CN(C(=O)C2CCCN2C(=O)OCc2ccccc2)c2ccccc21. The summed E-state index contributed by atoms with van der Waals surface area (Å²) in [5.41, 5.74) is 1.90. The van der Waals surface area contributed by atoms with Gasteiger partial charge < -0.3 is 24.6 Å². The molecule has 5 rings (SSSR count). The molecule has 2 aliphatic rings. The van der Waals surface area contributed by atoms with E-state index in [0.717, 1.165) is 11.1 Å². The summed E-state index contributed by atoms with van der Waals surface area (Å²) >= 11 is 0. The van der Waals surface area contributed by atoms with Crippen LogP contribution in [0, 0.1) is 6.92 Å². The first kappa shape index (κ1) is 33.2. The molecule has 0 saturated carbocycles. The van der Waals surface area contributed by atoms with Gasteiger partial charge >= 0.3 is 12.2 Å². The summed E-state index contributed by atoms with van der Waals surface area (Å²) in [5, 5.41) is 2.64. The number of hydrogen-bond acceptors (Lipinski definition) is 7. The van der Waals surface area contributed by atoms with Gasteiger partial charge in [-0.1, -0.05) is 66.7 Å². The van der Waals surface area contributed by atoms with Gasteiger partial charge in [-0.2, -0.15) is 0 Å². The monoisotopic (exact) mass is 640 g/mol. The molecule has 11 heteroatoms. The third kappa shape index (κ3) is 7.79. The van der Waals surface area contributed by atoms with Crippen LogP contribution in [0.1, 0.15) is 55.1 Å². The Balaban J connectivity index is 1.47. The number of rotatable bonds is 7. The summed E-state index contributed by atoms with van der Waals surface area (Å²) in [6.07, 6.45) is -0.475. The summed E-state index contributed by atoms with van der Waals surface area (Å²) in [5.74, 6) is -1.31. The van der Waals surface area contributed by atoms with E-state index in [2.05, 4.69) is 5.32 Å². The second-order valence-electron chi connectivity index (χ2n) is 12.7. The van der Waals surface area contributed by atoms with Crippen molar-refractivity contribution < 1.29 is 33.4 Å². The number of ketones is 1. The Bertz CT molecular complexity index is 1650. The molecule has 3 aromatic carbocycles. The Labute approximate surface area is 274 Å². The maximum atomic E-state index is 14.4. The first-order valence-corrected chi connectivity index (χ1v) is 15.7. The highest BCUT2D eigenvalue weighted by atomic mass is 16.6. The fourth-order valence-corrected chi connectivity index (χ4v) is 5.85. The zero-order valence-electron chi connectivity index (χ0n) is 27.1. The molecule has 2 aliphatic heterocycles. The van der Waals surface area contributed by atoms with Crippen molar-refractivity contribution in [3.05, 3.63) is 95.6 Å². The van der Waals surface area contributed by atoms with Crippen LogP contribution in [-0.4, -0.2) is 72.0 Å². The van der Waals surface area contributed by atoms with Gasteiger partial charge in [0, 0.05) is 12.1 Å². The summed E-state index contributed by atoms with van der Waals surface area (Å²) in [4.78, 5) is 72.5. The maximum absolute atomic E-state index is 14.4. The number of fused-ring (bicyclic) bond motifs is 1. The smallest absolute Gasteiger partial charge is 0.410 e. The van der Waals surface area contributed by atoms with Gasteiger partial charge in [0.05, 0.1) is 24.5 Å². The Kier molecular flexibility index (Phi) is 9.93. The molecule has 2 unspecified atom stereocenters. The topological polar surface area (TPSA) is 126 Å². The number of aryl methyl sites for hydroxylation is 1. The Hall–Kier alpha value is -5.19. The van der Waals surface area contributed by atoms with E-state index in [1.165, 1.54) is 14.7 Å². The van der Waals surface area contributed by atoms with Crippen molar-refractivity contribution >= 4 is 41.2 Å². The molecule has 0 bridgehead atoms. The van der Waals surface area contributed by atoms with Gasteiger partial charge in [-0.05, 0) is 63.8 Å². The van der Waals surface area contributed by atoms with E-state index >= 15 is 0 Å². The van der Waals surface area contributed by atoms with Crippen LogP contribution in [0.15, 0.2) is 78.9 Å². The number of ether oxygens (including phenoxy) is 2. The van der Waals surface area contributed by atoms with Crippen molar-refractivity contribution in [3.8, 4) is 0 Å². The second-order valence-corrected chi connectivity index (χ2v) is 12.7. The fraction of sp³-hybridized carbons (Fsp3) is 0.361. The minimum absolute atomic E-state index is 0.0594. The molecule has 2 atom stereocenters. The minimum Gasteiger partial charge on any atom is -0.445 e. The summed E-state index contributed by atoms with van der Waals surface area (Å²) < 4.78 is 11.0. The van der Waals surface area contributed by atoms with Gasteiger partial charge in [-0.15, -0.1) is 0 Å². The molecule has 1 N–H and O–H groups in total. The van der Waals surface area contributed by atoms with Gasteiger partial charge in [-0.3, -0.25) is 19.3 Å². The predicted molar refractivity (Wildman–Crippen MR) is 176 cm³/mol. The molecular formula is C36H40N4O7. The third-order valence-electron chi connectivity index (χ3n) is 8.07. The molecule has 246 valence electrons. The molecule has 1 saturated heterocycles. The molecule has 0 spiro atoms. The van der Waals surface area contributed by atoms with Gasteiger partial charge in [0.15, 0.2) is 5.78 Å². The zero-order valence-corrected chi connectivity index (χ0v) is 27.1. The van der Waals surface area contributed by atoms with Crippen LogP contribution >= 0.6 is 0 Å². The molecular weight excluding hydrogens is 600 g/mol. The number of hydrogen-bond donors (Lipinski definition) is 1. The van der Waals surface area contributed by atoms with Crippen LogP contribution in [0.4, 0.5) is 21.0 Å². The van der Waals surface area contributed by atoms with Gasteiger partial charge in [0.1, 0.15) is 24.3 Å². The molecule has 4 amide bonds. The number of nitrogens with one attached hydrogen (secondary N) is 1. The number of carbonyl (C=O) groups is 5. The lowest BCUT2D eigenvalue weighted by Crippen LogP contribution is -2.56. The lowest BCUT2D eigenvalue weighted by molar-refractivity contribution is -0.123. The average Bonchev–Trinajstić information content (AvgIpc) is 3.50. The Morgan fingerprint density at radius 1 is 0.894 bits per heavy atom. The highest BCUT2D eigenvalue weighted by molar-refractivity contribution is 6.13. The quantitative estimate of drug-likeness (QED) is 0.350. The van der Waals surface area contributed by atoms with E-state index in [0.29, 0.717) is 36.3 Å². The maximum Gasteiger partial charge on any atom is 0.410 e. The number of alkyl carbamates (subject to hydrolysis) is 1. The third-order valence-corrected chi connectivity index (χ3v) is 8.07. The zero-order chi connectivity index (χ0) is 33.7. The van der Waals surface area contributed by atoms with Crippen LogP contribution in [0.3, 0.4) is 0 Å². The molecule has 1 fully saturated rings. The van der Waals surface area contributed by atoms with Crippen molar-refractivity contribution in [2.24, 2.45) is 0 Å². The van der Waals surface area contributed by atoms with Gasteiger partial charge in [-0.25, -0.2) is 9.59 Å². The normalized spacial score (nSPS) is 17.9. The van der Waals surface area contributed by atoms with Gasteiger partial charge in [0.2, 0.25) is 5.91 Å². The molecule has 0 radical (unpaired) electrons. The number of para-hydroxylation sites is 2. The number of anilines is 2. The fourth-order valence-electron chi connectivity index (χ4n) is 5.85. The number of carbonyl (C=O) groups excluding carboxylic acids is 5. The number of likely N-dealkylation sites (tertiary alicyclic amines) is 1. The van der Waals surface area contributed by atoms with Gasteiger partial charge in [0.25, 0.3) is 5.91 Å². The van der Waals surface area contributed by atoms with Crippen LogP contribution in [0.2, 0.25) is 0 Å². The first-order valence-electron chi connectivity index (χ1n) is 15.7.